The number of carbonyl (C=O) groups is 2. The second-order valence-electron chi connectivity index (χ2n) is 13.2. The van der Waals surface area contributed by atoms with E-state index in [1.165, 1.54) is 25.0 Å². The highest BCUT2D eigenvalue weighted by molar-refractivity contribution is 6.11. The smallest absolute Gasteiger partial charge is 0.272 e. The van der Waals surface area contributed by atoms with Crippen molar-refractivity contribution in [3.05, 3.63) is 83.7 Å². The second-order valence-corrected chi connectivity index (χ2v) is 13.2. The number of aromatic nitrogens is 5. The Hall–Kier alpha value is -4.24. The van der Waals surface area contributed by atoms with Gasteiger partial charge in [0.1, 0.15) is 5.82 Å². The van der Waals surface area contributed by atoms with Crippen molar-refractivity contribution in [1.82, 2.24) is 34.1 Å². The molecule has 0 radical (unpaired) electrons. The zero-order chi connectivity index (χ0) is 31.2. The number of amides is 1. The average molecular weight is 606 g/mol. The standard InChI is InChI=1S/C18H24N4O.C18H19N3O/c1-21-13-6-5-7-14(21)11-12(10-13)19-18(23)17-15-8-3-4-9-16(15)22(2)20-17;1-12-19-9-10-21(12)11-13-7-8-16-17(18(13)22)14-5-3-4-6-15(14)20(16)2/h3-4,8-9,12-14H,5-7,10-11H2,1-2H3,(H,19,23);3-6,9-10,13H,7-8,11H2,1-2H3/t12?,13-,14+;. The van der Waals surface area contributed by atoms with Crippen molar-refractivity contribution in [2.75, 3.05) is 7.05 Å². The lowest BCUT2D eigenvalue weighted by Gasteiger charge is -2.47. The Morgan fingerprint density at radius 1 is 0.933 bits per heavy atom. The molecule has 5 heterocycles. The van der Waals surface area contributed by atoms with Crippen LogP contribution in [0.4, 0.5) is 0 Å². The molecule has 234 valence electrons. The molecule has 2 fully saturated rings. The molecule has 9 heteroatoms. The zero-order valence-electron chi connectivity index (χ0n) is 26.7. The van der Waals surface area contributed by atoms with Gasteiger partial charge in [-0.1, -0.05) is 42.8 Å². The monoisotopic (exact) mass is 605 g/mol. The molecule has 2 saturated heterocycles. The van der Waals surface area contributed by atoms with Crippen LogP contribution in [0, 0.1) is 12.8 Å². The number of hydrogen-bond acceptors (Lipinski definition) is 5. The van der Waals surface area contributed by atoms with Crippen LogP contribution in [0.2, 0.25) is 0 Å². The van der Waals surface area contributed by atoms with E-state index in [2.05, 4.69) is 55.7 Å². The van der Waals surface area contributed by atoms with E-state index in [9.17, 15) is 9.59 Å². The highest BCUT2D eigenvalue weighted by Crippen LogP contribution is 2.35. The molecule has 5 aromatic rings. The van der Waals surface area contributed by atoms with Crippen LogP contribution < -0.4 is 5.32 Å². The first-order chi connectivity index (χ1) is 21.8. The van der Waals surface area contributed by atoms with Crippen LogP contribution in [0.5, 0.6) is 0 Å². The first-order valence-corrected chi connectivity index (χ1v) is 16.3. The second kappa shape index (κ2) is 11.9. The fraction of sp³-hybridized carbons (Fsp3) is 0.444. The Morgan fingerprint density at radius 2 is 1.62 bits per heavy atom. The van der Waals surface area contributed by atoms with Gasteiger partial charge in [-0.2, -0.15) is 5.10 Å². The normalized spacial score (nSPS) is 23.1. The van der Waals surface area contributed by atoms with E-state index in [1.54, 1.807) is 10.9 Å². The number of para-hydroxylation sites is 2. The average Bonchev–Trinajstić information content (AvgIpc) is 3.69. The lowest BCUT2D eigenvalue weighted by Crippen LogP contribution is -2.55. The van der Waals surface area contributed by atoms with Crippen molar-refractivity contribution in [3.8, 4) is 0 Å². The summed E-state index contributed by atoms with van der Waals surface area (Å²) in [6.07, 6.45) is 11.6. The lowest BCUT2D eigenvalue weighted by molar-refractivity contribution is 0.0462. The fourth-order valence-electron chi connectivity index (χ4n) is 8.04. The predicted octanol–water partition coefficient (Wildman–Crippen LogP) is 5.45. The topological polar surface area (TPSA) is 90.0 Å². The third kappa shape index (κ3) is 5.37. The SMILES string of the molecule is CN1[C@@H]2CCC[C@H]1CC(NC(=O)c1nn(C)c3ccccc13)C2.Cc1nccn1CC1CCc2c(c3ccccc3n2C)C1=O. The highest BCUT2D eigenvalue weighted by Gasteiger charge is 2.37. The van der Waals surface area contributed by atoms with Gasteiger partial charge in [0, 0.05) is 84.6 Å². The van der Waals surface area contributed by atoms with Gasteiger partial charge < -0.3 is 19.4 Å². The largest absolute Gasteiger partial charge is 0.348 e. The number of piperidine rings is 2. The summed E-state index contributed by atoms with van der Waals surface area (Å²) in [6.45, 7) is 2.71. The van der Waals surface area contributed by atoms with E-state index in [0.717, 1.165) is 65.4 Å². The number of imidazole rings is 1. The van der Waals surface area contributed by atoms with E-state index in [4.69, 9.17) is 0 Å². The molecule has 8 rings (SSSR count). The first kappa shape index (κ1) is 29.5. The Bertz CT molecular complexity index is 1870. The summed E-state index contributed by atoms with van der Waals surface area (Å²) in [5.74, 6) is 1.27. The molecule has 1 N–H and O–H groups in total. The maximum Gasteiger partial charge on any atom is 0.272 e. The van der Waals surface area contributed by atoms with Crippen LogP contribution in [0.3, 0.4) is 0 Å². The summed E-state index contributed by atoms with van der Waals surface area (Å²) in [5, 5.41) is 9.71. The molecule has 1 amide bonds. The predicted molar refractivity (Wildman–Crippen MR) is 176 cm³/mol. The highest BCUT2D eigenvalue weighted by atomic mass is 16.2. The van der Waals surface area contributed by atoms with Crippen molar-refractivity contribution in [2.45, 2.75) is 76.5 Å². The van der Waals surface area contributed by atoms with E-state index in [1.807, 2.05) is 56.6 Å². The molecule has 0 saturated carbocycles. The van der Waals surface area contributed by atoms with Crippen LogP contribution in [-0.4, -0.2) is 65.7 Å². The van der Waals surface area contributed by atoms with Crippen molar-refractivity contribution < 1.29 is 9.59 Å². The van der Waals surface area contributed by atoms with Gasteiger partial charge in [0.25, 0.3) is 5.91 Å². The van der Waals surface area contributed by atoms with Crippen molar-refractivity contribution in [2.24, 2.45) is 20.0 Å². The molecule has 4 atom stereocenters. The first-order valence-electron chi connectivity index (χ1n) is 16.3. The summed E-state index contributed by atoms with van der Waals surface area (Å²) in [5.41, 5.74) is 4.82. The summed E-state index contributed by atoms with van der Waals surface area (Å²) in [7, 11) is 6.19. The van der Waals surface area contributed by atoms with Crippen LogP contribution in [-0.2, 0) is 27.1 Å². The van der Waals surface area contributed by atoms with Gasteiger partial charge in [0.2, 0.25) is 0 Å². The van der Waals surface area contributed by atoms with Crippen molar-refractivity contribution in [1.29, 1.82) is 0 Å². The third-order valence-corrected chi connectivity index (χ3v) is 10.6. The summed E-state index contributed by atoms with van der Waals surface area (Å²) in [4.78, 5) is 32.5. The molecule has 2 unspecified atom stereocenters. The zero-order valence-corrected chi connectivity index (χ0v) is 26.7. The lowest BCUT2D eigenvalue weighted by atomic mass is 9.82. The van der Waals surface area contributed by atoms with Crippen LogP contribution in [0.1, 0.15) is 70.9 Å². The fourth-order valence-corrected chi connectivity index (χ4v) is 8.04. The maximum absolute atomic E-state index is 13.0. The Balaban J connectivity index is 0.000000145. The van der Waals surface area contributed by atoms with Gasteiger partial charge in [-0.3, -0.25) is 14.3 Å². The third-order valence-electron chi connectivity index (χ3n) is 10.6. The number of ketones is 1. The Kier molecular flexibility index (Phi) is 7.81. The number of nitrogens with zero attached hydrogens (tertiary/aromatic N) is 6. The van der Waals surface area contributed by atoms with Crippen molar-refractivity contribution >= 4 is 33.5 Å². The van der Waals surface area contributed by atoms with E-state index < -0.39 is 0 Å². The molecule has 2 bridgehead atoms. The van der Waals surface area contributed by atoms with Gasteiger partial charge in [0.15, 0.2) is 11.5 Å². The Labute approximate surface area is 264 Å². The van der Waals surface area contributed by atoms with Gasteiger partial charge in [0.05, 0.1) is 5.52 Å². The summed E-state index contributed by atoms with van der Waals surface area (Å²) >= 11 is 0. The molecule has 2 aromatic carbocycles. The van der Waals surface area contributed by atoms with Gasteiger partial charge >= 0.3 is 0 Å². The minimum atomic E-state index is -0.0329. The number of rotatable bonds is 4. The number of carbonyl (C=O) groups excluding carboxylic acids is 2. The molecular formula is C36H43N7O2. The molecular weight excluding hydrogens is 562 g/mol. The molecule has 0 spiro atoms. The molecule has 2 aliphatic heterocycles. The number of benzene rings is 2. The number of fused-ring (bicyclic) bond motifs is 6. The summed E-state index contributed by atoms with van der Waals surface area (Å²) in [6, 6.07) is 17.6. The van der Waals surface area contributed by atoms with Crippen molar-refractivity contribution in [3.63, 3.8) is 0 Å². The number of Topliss-reactive ketones (excluding diaryl/α,β-unsaturated/α-hetero) is 1. The van der Waals surface area contributed by atoms with Crippen LogP contribution >= 0.6 is 0 Å². The van der Waals surface area contributed by atoms with E-state index >= 15 is 0 Å². The van der Waals surface area contributed by atoms with E-state index in [0.29, 0.717) is 17.8 Å². The van der Waals surface area contributed by atoms with Gasteiger partial charge in [-0.15, -0.1) is 0 Å². The van der Waals surface area contributed by atoms with Crippen LogP contribution in [0.15, 0.2) is 60.9 Å². The minimum absolute atomic E-state index is 0.0329. The molecule has 9 nitrogen and oxygen atoms in total. The quantitative estimate of drug-likeness (QED) is 0.295. The molecule has 45 heavy (non-hydrogen) atoms. The Morgan fingerprint density at radius 3 is 2.33 bits per heavy atom. The molecule has 1 aliphatic carbocycles. The van der Waals surface area contributed by atoms with Gasteiger partial charge in [-0.05, 0) is 64.6 Å². The minimum Gasteiger partial charge on any atom is -0.348 e. The van der Waals surface area contributed by atoms with Crippen LogP contribution in [0.25, 0.3) is 21.8 Å². The van der Waals surface area contributed by atoms with Gasteiger partial charge in [-0.25, -0.2) is 4.98 Å². The maximum atomic E-state index is 13.0. The number of hydrogen-bond donors (Lipinski definition) is 1. The van der Waals surface area contributed by atoms with E-state index in [-0.39, 0.29) is 23.7 Å². The molecule has 3 aromatic heterocycles. The molecule has 3 aliphatic rings. The summed E-state index contributed by atoms with van der Waals surface area (Å²) < 4.78 is 6.05. The number of aryl methyl sites for hydroxylation is 3. The number of nitrogens with one attached hydrogen (secondary N) is 1.